The van der Waals surface area contributed by atoms with Crippen LogP contribution >= 0.6 is 0 Å². The van der Waals surface area contributed by atoms with Crippen molar-refractivity contribution in [2.45, 2.75) is 20.3 Å². The molecule has 6 heteroatoms. The number of benzene rings is 1. The minimum atomic E-state index is -0.691. The van der Waals surface area contributed by atoms with Gasteiger partial charge in [-0.25, -0.2) is 0 Å². The highest BCUT2D eigenvalue weighted by molar-refractivity contribution is 6.06. The molecule has 0 aromatic heterocycles. The molecule has 27 heavy (non-hydrogen) atoms. The number of hydrogen-bond donors (Lipinski definition) is 1. The zero-order valence-electron chi connectivity index (χ0n) is 16.4. The van der Waals surface area contributed by atoms with Crippen molar-refractivity contribution in [3.05, 3.63) is 36.0 Å². The van der Waals surface area contributed by atoms with Crippen LogP contribution in [0.2, 0.25) is 0 Å². The summed E-state index contributed by atoms with van der Waals surface area (Å²) in [7, 11) is 2.14. The average molecular weight is 371 g/mol. The van der Waals surface area contributed by atoms with Gasteiger partial charge in [0.05, 0.1) is 18.0 Å². The number of rotatable bonds is 5. The average Bonchev–Trinajstić information content (AvgIpc) is 2.63. The van der Waals surface area contributed by atoms with Crippen molar-refractivity contribution >= 4 is 23.1 Å². The van der Waals surface area contributed by atoms with Crippen molar-refractivity contribution in [2.24, 2.45) is 11.8 Å². The Morgan fingerprint density at radius 2 is 1.93 bits per heavy atom. The monoisotopic (exact) mass is 371 g/mol. The molecule has 1 aromatic rings. The number of likely N-dealkylation sites (N-methyl/N-ethyl adjacent to an activating group) is 1. The molecule has 0 amide bonds. The Morgan fingerprint density at radius 1 is 1.22 bits per heavy atom. The van der Waals surface area contributed by atoms with Crippen molar-refractivity contribution in [1.29, 1.82) is 0 Å². The first-order chi connectivity index (χ1) is 13.0. The number of nitrogens with zero attached hydrogens (tertiary/aromatic N) is 2. The molecule has 146 valence electrons. The number of piperazine rings is 1. The standard InChI is InChI=1S/C21H29N3O3/c1-4-27-21(26)20-15(2)13-16(14-19(20)25)22-17-7-5-6-8-18(17)24-11-9-23(3)10-12-24/h5-8,14-15,20,22H,4,9-13H2,1-3H3. The Bertz CT molecular complexity index is 723. The second kappa shape index (κ2) is 8.57. The molecule has 1 N–H and O–H groups in total. The fourth-order valence-corrected chi connectivity index (χ4v) is 3.81. The van der Waals surface area contributed by atoms with E-state index in [1.807, 2.05) is 25.1 Å². The van der Waals surface area contributed by atoms with Crippen LogP contribution in [0.1, 0.15) is 20.3 Å². The summed E-state index contributed by atoms with van der Waals surface area (Å²) in [5.41, 5.74) is 3.01. The van der Waals surface area contributed by atoms with Gasteiger partial charge in [-0.15, -0.1) is 0 Å². The Kier molecular flexibility index (Phi) is 6.16. The smallest absolute Gasteiger partial charge is 0.317 e. The molecule has 2 unspecified atom stereocenters. The van der Waals surface area contributed by atoms with E-state index in [9.17, 15) is 9.59 Å². The summed E-state index contributed by atoms with van der Waals surface area (Å²) in [6.45, 7) is 8.02. The number of ketones is 1. The van der Waals surface area contributed by atoms with Gasteiger partial charge < -0.3 is 19.9 Å². The van der Waals surface area contributed by atoms with E-state index in [0.29, 0.717) is 13.0 Å². The minimum absolute atomic E-state index is 0.0835. The van der Waals surface area contributed by atoms with E-state index in [-0.39, 0.29) is 11.7 Å². The third-order valence-electron chi connectivity index (χ3n) is 5.32. The lowest BCUT2D eigenvalue weighted by Crippen LogP contribution is -2.44. The highest BCUT2D eigenvalue weighted by Gasteiger charge is 2.36. The minimum Gasteiger partial charge on any atom is -0.465 e. The highest BCUT2D eigenvalue weighted by Crippen LogP contribution is 2.32. The Hall–Kier alpha value is -2.34. The predicted octanol–water partition coefficient (Wildman–Crippen LogP) is 2.52. The number of allylic oxidation sites excluding steroid dienone is 2. The van der Waals surface area contributed by atoms with Crippen LogP contribution in [-0.4, -0.2) is 56.5 Å². The van der Waals surface area contributed by atoms with Gasteiger partial charge in [0.1, 0.15) is 5.92 Å². The van der Waals surface area contributed by atoms with Crippen LogP contribution < -0.4 is 10.2 Å². The molecule has 0 spiro atoms. The molecule has 1 saturated heterocycles. The van der Waals surface area contributed by atoms with Crippen molar-refractivity contribution in [2.75, 3.05) is 50.1 Å². The maximum absolute atomic E-state index is 12.5. The molecule has 0 saturated carbocycles. The van der Waals surface area contributed by atoms with Crippen molar-refractivity contribution < 1.29 is 14.3 Å². The van der Waals surface area contributed by atoms with Crippen LogP contribution in [0.4, 0.5) is 11.4 Å². The fraction of sp³-hybridized carbons (Fsp3) is 0.524. The van der Waals surface area contributed by atoms with Crippen molar-refractivity contribution in [3.63, 3.8) is 0 Å². The molecule has 1 aliphatic heterocycles. The number of hydrogen-bond acceptors (Lipinski definition) is 6. The largest absolute Gasteiger partial charge is 0.465 e. The number of carbonyl (C=O) groups excluding carboxylic acids is 2. The normalized spacial score (nSPS) is 23.7. The van der Waals surface area contributed by atoms with Crippen LogP contribution in [0.3, 0.4) is 0 Å². The third-order valence-corrected chi connectivity index (χ3v) is 5.32. The molecule has 1 aromatic carbocycles. The number of para-hydroxylation sites is 2. The molecular formula is C21H29N3O3. The molecule has 1 heterocycles. The number of carbonyl (C=O) groups is 2. The first kappa shape index (κ1) is 19.4. The van der Waals surface area contributed by atoms with Gasteiger partial charge in [0, 0.05) is 38.0 Å². The zero-order valence-corrected chi connectivity index (χ0v) is 16.4. The van der Waals surface area contributed by atoms with Crippen molar-refractivity contribution in [1.82, 2.24) is 4.90 Å². The topological polar surface area (TPSA) is 61.9 Å². The summed E-state index contributed by atoms with van der Waals surface area (Å²) in [5.74, 6) is -1.36. The molecule has 3 rings (SSSR count). The molecular weight excluding hydrogens is 342 g/mol. The van der Waals surface area contributed by atoms with Crippen LogP contribution in [0.5, 0.6) is 0 Å². The number of ether oxygens (including phenoxy) is 1. The predicted molar refractivity (Wildman–Crippen MR) is 107 cm³/mol. The van der Waals surface area contributed by atoms with Gasteiger partial charge in [0.2, 0.25) is 0 Å². The Labute approximate surface area is 161 Å². The van der Waals surface area contributed by atoms with E-state index in [4.69, 9.17) is 4.74 Å². The van der Waals surface area contributed by atoms with Gasteiger partial charge in [-0.3, -0.25) is 9.59 Å². The summed E-state index contributed by atoms with van der Waals surface area (Å²) in [6.07, 6.45) is 2.22. The second-order valence-corrected chi connectivity index (χ2v) is 7.42. The first-order valence-corrected chi connectivity index (χ1v) is 9.70. The lowest BCUT2D eigenvalue weighted by molar-refractivity contribution is -0.152. The molecule has 0 bridgehead atoms. The lowest BCUT2D eigenvalue weighted by Gasteiger charge is -2.35. The molecule has 2 aliphatic rings. The fourth-order valence-electron chi connectivity index (χ4n) is 3.81. The maximum atomic E-state index is 12.5. The molecule has 2 atom stereocenters. The van der Waals surface area contributed by atoms with E-state index in [0.717, 1.165) is 43.3 Å². The van der Waals surface area contributed by atoms with E-state index < -0.39 is 11.9 Å². The van der Waals surface area contributed by atoms with E-state index in [1.54, 1.807) is 13.0 Å². The molecule has 1 aliphatic carbocycles. The summed E-state index contributed by atoms with van der Waals surface area (Å²) in [5, 5.41) is 3.44. The van der Waals surface area contributed by atoms with Gasteiger partial charge in [-0.05, 0) is 38.4 Å². The van der Waals surface area contributed by atoms with Crippen molar-refractivity contribution in [3.8, 4) is 0 Å². The van der Waals surface area contributed by atoms with Gasteiger partial charge >= 0.3 is 5.97 Å². The van der Waals surface area contributed by atoms with E-state index in [2.05, 4.69) is 28.2 Å². The van der Waals surface area contributed by atoms with Gasteiger partial charge in [0.25, 0.3) is 0 Å². The SMILES string of the molecule is CCOC(=O)C1C(=O)C=C(Nc2ccccc2N2CCN(C)CC2)CC1C. The number of anilines is 2. The second-order valence-electron chi connectivity index (χ2n) is 7.42. The number of esters is 1. The first-order valence-electron chi connectivity index (χ1n) is 9.70. The van der Waals surface area contributed by atoms with Gasteiger partial charge in [0.15, 0.2) is 5.78 Å². The van der Waals surface area contributed by atoms with Gasteiger partial charge in [-0.1, -0.05) is 19.1 Å². The van der Waals surface area contributed by atoms with Crippen LogP contribution in [-0.2, 0) is 14.3 Å². The van der Waals surface area contributed by atoms with Crippen LogP contribution in [0, 0.1) is 11.8 Å². The lowest BCUT2D eigenvalue weighted by atomic mass is 9.82. The van der Waals surface area contributed by atoms with Gasteiger partial charge in [-0.2, -0.15) is 0 Å². The molecule has 6 nitrogen and oxygen atoms in total. The zero-order chi connectivity index (χ0) is 19.4. The Morgan fingerprint density at radius 3 is 2.59 bits per heavy atom. The Balaban J connectivity index is 1.75. The number of nitrogens with one attached hydrogen (secondary N) is 1. The molecule has 0 radical (unpaired) electrons. The van der Waals surface area contributed by atoms with E-state index >= 15 is 0 Å². The van der Waals surface area contributed by atoms with Crippen LogP contribution in [0.25, 0.3) is 0 Å². The summed E-state index contributed by atoms with van der Waals surface area (Å²) in [4.78, 5) is 29.3. The van der Waals surface area contributed by atoms with E-state index in [1.165, 1.54) is 0 Å². The summed E-state index contributed by atoms with van der Waals surface area (Å²) < 4.78 is 5.06. The maximum Gasteiger partial charge on any atom is 0.317 e. The highest BCUT2D eigenvalue weighted by atomic mass is 16.5. The quantitative estimate of drug-likeness (QED) is 0.634. The summed E-state index contributed by atoms with van der Waals surface area (Å²) in [6, 6.07) is 8.20. The van der Waals surface area contributed by atoms with Crippen LogP contribution in [0.15, 0.2) is 36.0 Å². The molecule has 1 fully saturated rings. The summed E-state index contributed by atoms with van der Waals surface area (Å²) >= 11 is 0. The third kappa shape index (κ3) is 4.50.